The lowest BCUT2D eigenvalue weighted by molar-refractivity contribution is -0.148. The SMILES string of the molecule is CC(C)(N=NC(C)(C)C(=O)OCCN)C(=O)NCCO. The molecule has 8 heteroatoms. The van der Waals surface area contributed by atoms with Gasteiger partial charge in [0, 0.05) is 13.1 Å². The Labute approximate surface area is 118 Å². The fourth-order valence-electron chi connectivity index (χ4n) is 1.05. The first-order valence-electron chi connectivity index (χ1n) is 6.38. The largest absolute Gasteiger partial charge is 0.463 e. The van der Waals surface area contributed by atoms with E-state index in [0.717, 1.165) is 0 Å². The van der Waals surface area contributed by atoms with E-state index >= 15 is 0 Å². The standard InChI is InChI=1S/C12H24N4O4/c1-11(2,9(18)14-6-7-17)15-16-12(3,4)10(19)20-8-5-13/h17H,5-8,13H2,1-4H3,(H,14,18). The quantitative estimate of drug-likeness (QED) is 0.414. The summed E-state index contributed by atoms with van der Waals surface area (Å²) in [4.78, 5) is 23.5. The fraction of sp³-hybridized carbons (Fsp3) is 0.833. The maximum atomic E-state index is 11.8. The molecule has 20 heavy (non-hydrogen) atoms. The number of aliphatic hydroxyl groups is 1. The van der Waals surface area contributed by atoms with Gasteiger partial charge >= 0.3 is 5.97 Å². The van der Waals surface area contributed by atoms with Gasteiger partial charge in [0.25, 0.3) is 0 Å². The second kappa shape index (κ2) is 7.91. The van der Waals surface area contributed by atoms with E-state index in [2.05, 4.69) is 15.5 Å². The average Bonchev–Trinajstić information content (AvgIpc) is 2.39. The van der Waals surface area contributed by atoms with Crippen molar-refractivity contribution >= 4 is 11.9 Å². The summed E-state index contributed by atoms with van der Waals surface area (Å²) in [5.41, 5.74) is 2.92. The lowest BCUT2D eigenvalue weighted by atomic mass is 10.1. The number of esters is 1. The molecule has 0 spiro atoms. The molecule has 0 radical (unpaired) electrons. The van der Waals surface area contributed by atoms with Crippen LogP contribution in [0.2, 0.25) is 0 Å². The number of carbonyl (C=O) groups is 2. The van der Waals surface area contributed by atoms with Crippen LogP contribution in [0.4, 0.5) is 0 Å². The molecule has 4 N–H and O–H groups in total. The molecule has 0 saturated heterocycles. The Hall–Kier alpha value is -1.54. The maximum absolute atomic E-state index is 11.8. The number of hydrogen-bond donors (Lipinski definition) is 3. The van der Waals surface area contributed by atoms with Crippen LogP contribution in [0, 0.1) is 0 Å². The summed E-state index contributed by atoms with van der Waals surface area (Å²) < 4.78 is 4.90. The zero-order valence-corrected chi connectivity index (χ0v) is 12.5. The highest BCUT2D eigenvalue weighted by Gasteiger charge is 2.33. The Morgan fingerprint density at radius 2 is 1.75 bits per heavy atom. The van der Waals surface area contributed by atoms with Crippen molar-refractivity contribution < 1.29 is 19.4 Å². The maximum Gasteiger partial charge on any atom is 0.335 e. The van der Waals surface area contributed by atoms with Gasteiger partial charge in [-0.2, -0.15) is 10.2 Å². The van der Waals surface area contributed by atoms with Crippen LogP contribution in [0.1, 0.15) is 27.7 Å². The molecule has 0 aromatic heterocycles. The predicted octanol–water partition coefficient (Wildman–Crippen LogP) is -0.394. The second-order valence-electron chi connectivity index (χ2n) is 5.22. The van der Waals surface area contributed by atoms with Crippen LogP contribution >= 0.6 is 0 Å². The number of amides is 1. The first-order valence-corrected chi connectivity index (χ1v) is 6.38. The van der Waals surface area contributed by atoms with Crippen molar-refractivity contribution in [2.75, 3.05) is 26.3 Å². The number of azo groups is 1. The molecule has 0 aliphatic carbocycles. The first kappa shape index (κ1) is 18.5. The Morgan fingerprint density at radius 3 is 2.25 bits per heavy atom. The van der Waals surface area contributed by atoms with Crippen molar-refractivity contribution in [2.24, 2.45) is 16.0 Å². The number of nitrogens with one attached hydrogen (secondary N) is 1. The van der Waals surface area contributed by atoms with Gasteiger partial charge in [-0.1, -0.05) is 0 Å². The van der Waals surface area contributed by atoms with Crippen molar-refractivity contribution in [3.8, 4) is 0 Å². The topological polar surface area (TPSA) is 126 Å². The summed E-state index contributed by atoms with van der Waals surface area (Å²) in [6.45, 7) is 6.52. The summed E-state index contributed by atoms with van der Waals surface area (Å²) in [5.74, 6) is -0.945. The Kier molecular flexibility index (Phi) is 7.30. The fourth-order valence-corrected chi connectivity index (χ4v) is 1.05. The number of nitrogens with zero attached hydrogens (tertiary/aromatic N) is 2. The molecular formula is C12H24N4O4. The molecule has 0 saturated carbocycles. The number of carbonyl (C=O) groups excluding carboxylic acids is 2. The molecule has 0 atom stereocenters. The first-order chi connectivity index (χ1) is 9.17. The van der Waals surface area contributed by atoms with Gasteiger partial charge in [0.15, 0.2) is 11.1 Å². The van der Waals surface area contributed by atoms with Crippen LogP contribution < -0.4 is 11.1 Å². The molecule has 0 unspecified atom stereocenters. The third kappa shape index (κ3) is 6.07. The molecule has 116 valence electrons. The number of aliphatic hydroxyl groups excluding tert-OH is 1. The van der Waals surface area contributed by atoms with E-state index < -0.39 is 17.0 Å². The van der Waals surface area contributed by atoms with Gasteiger partial charge < -0.3 is 20.9 Å². The molecular weight excluding hydrogens is 264 g/mol. The number of hydrogen-bond acceptors (Lipinski definition) is 7. The van der Waals surface area contributed by atoms with E-state index in [-0.39, 0.29) is 32.2 Å². The van der Waals surface area contributed by atoms with Crippen LogP contribution in [0.15, 0.2) is 10.2 Å². The third-order valence-electron chi connectivity index (χ3n) is 2.35. The van der Waals surface area contributed by atoms with E-state index in [9.17, 15) is 9.59 Å². The summed E-state index contributed by atoms with van der Waals surface area (Å²) in [6, 6.07) is 0. The molecule has 0 aromatic rings. The van der Waals surface area contributed by atoms with Crippen molar-refractivity contribution in [2.45, 2.75) is 38.8 Å². The number of ether oxygens (including phenoxy) is 1. The predicted molar refractivity (Wildman–Crippen MR) is 73.1 cm³/mol. The number of rotatable bonds is 8. The Morgan fingerprint density at radius 1 is 1.20 bits per heavy atom. The minimum Gasteiger partial charge on any atom is -0.463 e. The highest BCUT2D eigenvalue weighted by Crippen LogP contribution is 2.17. The van der Waals surface area contributed by atoms with Gasteiger partial charge in [0.2, 0.25) is 5.91 Å². The smallest absolute Gasteiger partial charge is 0.335 e. The highest BCUT2D eigenvalue weighted by atomic mass is 16.5. The molecule has 0 heterocycles. The van der Waals surface area contributed by atoms with Crippen LogP contribution in [0.3, 0.4) is 0 Å². The minimum absolute atomic E-state index is 0.109. The van der Waals surface area contributed by atoms with E-state index in [1.54, 1.807) is 13.8 Å². The average molecular weight is 288 g/mol. The van der Waals surface area contributed by atoms with Gasteiger partial charge in [-0.25, -0.2) is 4.79 Å². The molecule has 8 nitrogen and oxygen atoms in total. The Bertz CT molecular complexity index is 332. The normalized spacial score (nSPS) is 12.5. The van der Waals surface area contributed by atoms with Gasteiger partial charge in [0.05, 0.1) is 6.61 Å². The van der Waals surface area contributed by atoms with Gasteiger partial charge in [-0.15, -0.1) is 0 Å². The van der Waals surface area contributed by atoms with Crippen LogP contribution in [-0.4, -0.2) is 54.4 Å². The van der Waals surface area contributed by atoms with Crippen molar-refractivity contribution in [3.63, 3.8) is 0 Å². The van der Waals surface area contributed by atoms with E-state index in [4.69, 9.17) is 15.6 Å². The van der Waals surface area contributed by atoms with Crippen molar-refractivity contribution in [1.82, 2.24) is 5.32 Å². The van der Waals surface area contributed by atoms with E-state index in [1.165, 1.54) is 13.8 Å². The molecule has 0 aromatic carbocycles. The number of nitrogens with two attached hydrogens (primary N) is 1. The van der Waals surface area contributed by atoms with Gasteiger partial charge in [-0.3, -0.25) is 4.79 Å². The molecule has 0 aliphatic heterocycles. The zero-order chi connectivity index (χ0) is 15.8. The van der Waals surface area contributed by atoms with Crippen molar-refractivity contribution in [1.29, 1.82) is 0 Å². The molecule has 0 aliphatic rings. The highest BCUT2D eigenvalue weighted by molar-refractivity contribution is 5.85. The summed E-state index contributed by atoms with van der Waals surface area (Å²) in [7, 11) is 0. The summed E-state index contributed by atoms with van der Waals surface area (Å²) >= 11 is 0. The lowest BCUT2D eigenvalue weighted by Crippen LogP contribution is -2.42. The lowest BCUT2D eigenvalue weighted by Gasteiger charge is -2.21. The Balaban J connectivity index is 4.72. The van der Waals surface area contributed by atoms with Crippen LogP contribution in [-0.2, 0) is 14.3 Å². The molecule has 0 rings (SSSR count). The van der Waals surface area contributed by atoms with E-state index in [1.807, 2.05) is 0 Å². The van der Waals surface area contributed by atoms with Gasteiger partial charge in [-0.05, 0) is 27.7 Å². The monoisotopic (exact) mass is 288 g/mol. The molecule has 0 fully saturated rings. The van der Waals surface area contributed by atoms with Gasteiger partial charge in [0.1, 0.15) is 6.61 Å². The zero-order valence-electron chi connectivity index (χ0n) is 12.5. The third-order valence-corrected chi connectivity index (χ3v) is 2.35. The molecule has 0 bridgehead atoms. The van der Waals surface area contributed by atoms with E-state index in [0.29, 0.717) is 0 Å². The second-order valence-corrected chi connectivity index (χ2v) is 5.22. The molecule has 1 amide bonds. The summed E-state index contributed by atoms with van der Waals surface area (Å²) in [6.07, 6.45) is 0. The minimum atomic E-state index is -1.19. The van der Waals surface area contributed by atoms with Crippen LogP contribution in [0.5, 0.6) is 0 Å². The van der Waals surface area contributed by atoms with Crippen LogP contribution in [0.25, 0.3) is 0 Å². The van der Waals surface area contributed by atoms with Crippen molar-refractivity contribution in [3.05, 3.63) is 0 Å². The summed E-state index contributed by atoms with van der Waals surface area (Å²) in [5, 5.41) is 19.0.